The van der Waals surface area contributed by atoms with Crippen molar-refractivity contribution in [1.29, 1.82) is 0 Å². The number of methoxy groups -OCH3 is 1. The van der Waals surface area contributed by atoms with Crippen molar-refractivity contribution in [3.05, 3.63) is 54.8 Å². The number of anilines is 1. The maximum atomic E-state index is 13.1. The van der Waals surface area contributed by atoms with Crippen molar-refractivity contribution in [3.8, 4) is 0 Å². The fraction of sp³-hybridized carbons (Fsp3) is 0.500. The minimum atomic E-state index is -0.888. The Labute approximate surface area is 224 Å². The molecule has 38 heavy (non-hydrogen) atoms. The summed E-state index contributed by atoms with van der Waals surface area (Å²) in [6.45, 7) is 6.24. The van der Waals surface area contributed by atoms with Crippen LogP contribution in [0.4, 0.5) is 10.5 Å². The van der Waals surface area contributed by atoms with Crippen molar-refractivity contribution in [1.82, 2.24) is 16.0 Å². The van der Waals surface area contributed by atoms with Crippen molar-refractivity contribution in [2.45, 2.75) is 70.6 Å². The Morgan fingerprint density at radius 3 is 2.47 bits per heavy atom. The van der Waals surface area contributed by atoms with E-state index < -0.39 is 35.7 Å². The second kappa shape index (κ2) is 15.4. The zero-order valence-corrected chi connectivity index (χ0v) is 22.7. The van der Waals surface area contributed by atoms with Crippen LogP contribution in [0.25, 0.3) is 0 Å². The Hall–Kier alpha value is -3.82. The van der Waals surface area contributed by atoms with Gasteiger partial charge in [0.05, 0.1) is 7.11 Å². The van der Waals surface area contributed by atoms with E-state index in [1.807, 2.05) is 53.6 Å². The summed E-state index contributed by atoms with van der Waals surface area (Å²) in [6.07, 6.45) is 8.59. The number of ether oxygens (including phenoxy) is 2. The molecule has 0 radical (unpaired) electrons. The van der Waals surface area contributed by atoms with Crippen molar-refractivity contribution < 1.29 is 28.7 Å². The largest absolute Gasteiger partial charge is 0.467 e. The van der Waals surface area contributed by atoms with Gasteiger partial charge in [0.15, 0.2) is 0 Å². The highest BCUT2D eigenvalue weighted by Gasteiger charge is 2.26. The van der Waals surface area contributed by atoms with E-state index in [0.717, 1.165) is 5.69 Å². The van der Waals surface area contributed by atoms with Gasteiger partial charge in [-0.05, 0) is 58.6 Å². The number of nitrogens with zero attached hydrogens (tertiary/aromatic N) is 1. The topological polar surface area (TPSA) is 126 Å². The molecule has 208 valence electrons. The summed E-state index contributed by atoms with van der Waals surface area (Å²) in [5, 5.41) is 8.18. The molecule has 0 fully saturated rings. The average molecular weight is 529 g/mol. The SMILES string of the molecule is COC(=O)[C@H]1C/C=C\CN(c2ccccc2)/C=C/CC(=O)N[C@@H](CCCCNC(=O)OC(C)(C)C)C(=O)N1. The number of alkyl carbamates (subject to hydrolysis) is 1. The van der Waals surface area contributed by atoms with Gasteiger partial charge in [0.25, 0.3) is 0 Å². The number of hydrogen-bond donors (Lipinski definition) is 3. The molecule has 3 amide bonds. The summed E-state index contributed by atoms with van der Waals surface area (Å²) in [5.41, 5.74) is 0.368. The molecule has 10 heteroatoms. The molecule has 10 nitrogen and oxygen atoms in total. The molecule has 0 unspecified atom stereocenters. The minimum absolute atomic E-state index is 0.0808. The molecule has 0 saturated heterocycles. The maximum Gasteiger partial charge on any atom is 0.407 e. The van der Waals surface area contributed by atoms with E-state index in [9.17, 15) is 19.2 Å². The first-order valence-corrected chi connectivity index (χ1v) is 12.9. The molecule has 0 spiro atoms. The summed E-state index contributed by atoms with van der Waals surface area (Å²) in [7, 11) is 1.27. The highest BCUT2D eigenvalue weighted by molar-refractivity contribution is 5.91. The summed E-state index contributed by atoms with van der Waals surface area (Å²) in [4.78, 5) is 51.9. The number of carbonyl (C=O) groups excluding carboxylic acids is 4. The molecule has 1 aliphatic heterocycles. The number of esters is 1. The first-order chi connectivity index (χ1) is 18.1. The smallest absolute Gasteiger partial charge is 0.407 e. The van der Waals surface area contributed by atoms with Crippen molar-refractivity contribution in [2.24, 2.45) is 0 Å². The van der Waals surface area contributed by atoms with Gasteiger partial charge in [0.1, 0.15) is 17.7 Å². The monoisotopic (exact) mass is 528 g/mol. The lowest BCUT2D eigenvalue weighted by Crippen LogP contribution is -2.51. The van der Waals surface area contributed by atoms with Gasteiger partial charge in [-0.25, -0.2) is 9.59 Å². The average Bonchev–Trinajstić information content (AvgIpc) is 2.86. The predicted octanol–water partition coefficient (Wildman–Crippen LogP) is 3.19. The third kappa shape index (κ3) is 11.5. The normalized spacial score (nSPS) is 20.8. The lowest BCUT2D eigenvalue weighted by atomic mass is 10.1. The number of carbonyl (C=O) groups is 4. The van der Waals surface area contributed by atoms with Gasteiger partial charge >= 0.3 is 12.1 Å². The van der Waals surface area contributed by atoms with Crippen LogP contribution in [0.15, 0.2) is 54.8 Å². The van der Waals surface area contributed by atoms with E-state index in [1.165, 1.54) is 7.11 Å². The molecular formula is C28H40N4O6. The van der Waals surface area contributed by atoms with Crippen LogP contribution in [0.1, 0.15) is 52.9 Å². The van der Waals surface area contributed by atoms with Crippen LogP contribution < -0.4 is 20.9 Å². The third-order valence-electron chi connectivity index (χ3n) is 5.56. The Kier molecular flexibility index (Phi) is 12.4. The highest BCUT2D eigenvalue weighted by atomic mass is 16.6. The van der Waals surface area contributed by atoms with Crippen LogP contribution >= 0.6 is 0 Å². The van der Waals surface area contributed by atoms with Crippen molar-refractivity contribution in [3.63, 3.8) is 0 Å². The van der Waals surface area contributed by atoms with Gasteiger partial charge in [-0.1, -0.05) is 36.4 Å². The van der Waals surface area contributed by atoms with Crippen LogP contribution in [0.5, 0.6) is 0 Å². The second-order valence-electron chi connectivity index (χ2n) is 9.91. The molecule has 1 aromatic rings. The van der Waals surface area contributed by atoms with E-state index >= 15 is 0 Å². The fourth-order valence-electron chi connectivity index (χ4n) is 3.71. The molecule has 0 saturated carbocycles. The van der Waals surface area contributed by atoms with Crippen LogP contribution in [0.2, 0.25) is 0 Å². The van der Waals surface area contributed by atoms with Gasteiger partial charge in [-0.3, -0.25) is 9.59 Å². The number of benzene rings is 1. The summed E-state index contributed by atoms with van der Waals surface area (Å²) < 4.78 is 10.1. The lowest BCUT2D eigenvalue weighted by molar-refractivity contribution is -0.145. The number of amides is 3. The molecule has 0 aliphatic carbocycles. The standard InChI is InChI=1S/C28H40N4O6/c1-28(2,3)38-27(36)29-18-10-8-15-22-25(34)31-23(26(35)37-4)16-9-11-19-32(20-12-17-24(33)30-22)21-13-6-5-7-14-21/h5-7,9,11-14,20,22-23H,8,10,15-19H2,1-4H3,(H,29,36)(H,30,33)(H,31,34)/b11-9-,20-12+/t22-,23+/m0/s1. The molecule has 1 heterocycles. The Morgan fingerprint density at radius 2 is 1.79 bits per heavy atom. The summed E-state index contributed by atoms with van der Waals surface area (Å²) in [5.74, 6) is -1.35. The number of unbranched alkanes of at least 4 members (excludes halogenated alkanes) is 1. The number of para-hydroxylation sites is 1. The maximum absolute atomic E-state index is 13.1. The Bertz CT molecular complexity index is 987. The first kappa shape index (κ1) is 30.4. The van der Waals surface area contributed by atoms with E-state index in [4.69, 9.17) is 9.47 Å². The van der Waals surface area contributed by atoms with Gasteiger partial charge in [-0.2, -0.15) is 0 Å². The van der Waals surface area contributed by atoms with E-state index in [-0.39, 0.29) is 18.7 Å². The molecule has 3 N–H and O–H groups in total. The van der Waals surface area contributed by atoms with Crippen LogP contribution in [-0.2, 0) is 23.9 Å². The van der Waals surface area contributed by atoms with Crippen LogP contribution in [-0.4, -0.2) is 61.8 Å². The van der Waals surface area contributed by atoms with E-state index in [0.29, 0.717) is 32.4 Å². The molecular weight excluding hydrogens is 488 g/mol. The molecule has 2 rings (SSSR count). The Morgan fingerprint density at radius 1 is 1.05 bits per heavy atom. The van der Waals surface area contributed by atoms with Crippen molar-refractivity contribution in [2.75, 3.05) is 25.1 Å². The van der Waals surface area contributed by atoms with E-state index in [1.54, 1.807) is 26.8 Å². The molecule has 2 atom stereocenters. The molecule has 0 aromatic heterocycles. The zero-order chi connectivity index (χ0) is 28.0. The summed E-state index contributed by atoms with van der Waals surface area (Å²) >= 11 is 0. The molecule has 0 bridgehead atoms. The van der Waals surface area contributed by atoms with Gasteiger partial charge in [-0.15, -0.1) is 0 Å². The predicted molar refractivity (Wildman–Crippen MR) is 145 cm³/mol. The number of nitrogens with one attached hydrogen (secondary N) is 3. The van der Waals surface area contributed by atoms with Gasteiger partial charge in [0, 0.05) is 31.4 Å². The fourth-order valence-corrected chi connectivity index (χ4v) is 3.71. The number of rotatable bonds is 7. The second-order valence-corrected chi connectivity index (χ2v) is 9.91. The highest BCUT2D eigenvalue weighted by Crippen LogP contribution is 2.14. The quantitative estimate of drug-likeness (QED) is 0.282. The van der Waals surface area contributed by atoms with Crippen LogP contribution in [0, 0.1) is 0 Å². The van der Waals surface area contributed by atoms with Gasteiger partial charge in [0.2, 0.25) is 11.8 Å². The first-order valence-electron chi connectivity index (χ1n) is 12.9. The van der Waals surface area contributed by atoms with Gasteiger partial charge < -0.3 is 30.3 Å². The zero-order valence-electron chi connectivity index (χ0n) is 22.7. The molecule has 1 aromatic carbocycles. The third-order valence-corrected chi connectivity index (χ3v) is 5.56. The van der Waals surface area contributed by atoms with Crippen molar-refractivity contribution >= 4 is 29.6 Å². The summed E-state index contributed by atoms with van der Waals surface area (Å²) in [6, 6.07) is 7.99. The lowest BCUT2D eigenvalue weighted by Gasteiger charge is -2.23. The number of hydrogen-bond acceptors (Lipinski definition) is 7. The van der Waals surface area contributed by atoms with E-state index in [2.05, 4.69) is 16.0 Å². The minimum Gasteiger partial charge on any atom is -0.467 e. The Balaban J connectivity index is 2.08. The molecule has 1 aliphatic rings. The van der Waals surface area contributed by atoms with Crippen LogP contribution in [0.3, 0.4) is 0 Å².